The van der Waals surface area contributed by atoms with E-state index in [1.54, 1.807) is 0 Å². The first-order valence-corrected chi connectivity index (χ1v) is 6.58. The topological polar surface area (TPSA) is 50.4 Å². The summed E-state index contributed by atoms with van der Waals surface area (Å²) in [7, 11) is 0. The minimum Gasteiger partial charge on any atom is -0.368 e. The maximum Gasteiger partial charge on any atom is 0.253 e. The van der Waals surface area contributed by atoms with Crippen molar-refractivity contribution < 1.29 is 9.53 Å². The van der Waals surface area contributed by atoms with Gasteiger partial charge in [0.2, 0.25) is 0 Å². The Bertz CT molecular complexity index is 459. The number of hydrogen-bond acceptors (Lipinski definition) is 3. The molecule has 1 unspecified atom stereocenters. The smallest absolute Gasteiger partial charge is 0.253 e. The highest BCUT2D eigenvalue weighted by Crippen LogP contribution is 2.20. The van der Waals surface area contributed by atoms with Crippen LogP contribution in [-0.2, 0) is 22.5 Å². The second kappa shape index (κ2) is 6.37. The predicted octanol–water partition coefficient (Wildman–Crippen LogP) is 1.87. The van der Waals surface area contributed by atoms with E-state index in [1.807, 2.05) is 6.07 Å². The highest BCUT2D eigenvalue weighted by atomic mass is 35.5. The third-order valence-electron chi connectivity index (χ3n) is 3.58. The molecule has 2 aliphatic rings. The van der Waals surface area contributed by atoms with Gasteiger partial charge in [0.05, 0.1) is 0 Å². The first kappa shape index (κ1) is 14.3. The molecule has 0 bridgehead atoms. The first-order chi connectivity index (χ1) is 8.83. The highest BCUT2D eigenvalue weighted by Gasteiger charge is 2.23. The Labute approximate surface area is 119 Å². The van der Waals surface area contributed by atoms with Gasteiger partial charge in [0.1, 0.15) is 6.10 Å². The van der Waals surface area contributed by atoms with Crippen LogP contribution < -0.4 is 10.6 Å². The quantitative estimate of drug-likeness (QED) is 0.871. The van der Waals surface area contributed by atoms with Gasteiger partial charge in [0.15, 0.2) is 0 Å². The molecule has 2 aliphatic heterocycles. The van der Waals surface area contributed by atoms with E-state index in [1.165, 1.54) is 11.1 Å². The number of anilines is 1. The monoisotopic (exact) mass is 282 g/mol. The molecule has 3 rings (SSSR count). The number of carbonyl (C=O) groups excluding carboxylic acids is 1. The number of hydrogen-bond donors (Lipinski definition) is 2. The van der Waals surface area contributed by atoms with Gasteiger partial charge in [-0.2, -0.15) is 0 Å². The average Bonchev–Trinajstić information content (AvgIpc) is 2.92. The van der Waals surface area contributed by atoms with Gasteiger partial charge in [-0.05, 0) is 49.1 Å². The summed E-state index contributed by atoms with van der Waals surface area (Å²) in [4.78, 5) is 11.9. The number of amides is 1. The van der Waals surface area contributed by atoms with E-state index in [0.29, 0.717) is 6.61 Å². The van der Waals surface area contributed by atoms with Crippen molar-refractivity contribution in [3.63, 3.8) is 0 Å². The van der Waals surface area contributed by atoms with Gasteiger partial charge in [0.25, 0.3) is 5.91 Å². The summed E-state index contributed by atoms with van der Waals surface area (Å²) >= 11 is 0. The molecule has 19 heavy (non-hydrogen) atoms. The van der Waals surface area contributed by atoms with E-state index in [9.17, 15) is 4.79 Å². The average molecular weight is 283 g/mol. The van der Waals surface area contributed by atoms with Gasteiger partial charge >= 0.3 is 0 Å². The molecule has 0 spiro atoms. The van der Waals surface area contributed by atoms with Crippen LogP contribution in [0.5, 0.6) is 0 Å². The molecule has 0 radical (unpaired) electrons. The number of rotatable bonds is 2. The second-order valence-electron chi connectivity index (χ2n) is 4.90. The van der Waals surface area contributed by atoms with Crippen LogP contribution in [0.3, 0.4) is 0 Å². The van der Waals surface area contributed by atoms with Crippen LogP contribution in [0.4, 0.5) is 5.69 Å². The zero-order valence-corrected chi connectivity index (χ0v) is 11.6. The fraction of sp³-hybridized carbons (Fsp3) is 0.500. The molecule has 104 valence electrons. The molecule has 5 heteroatoms. The standard InChI is InChI=1S/C14H18N2O2.ClH/c17-14(13-2-1-7-18-13)16-12-4-3-10-5-6-15-9-11(10)8-12;/h3-4,8,13,15H,1-2,5-7,9H2,(H,16,17);1H. The largest absolute Gasteiger partial charge is 0.368 e. The highest BCUT2D eigenvalue weighted by molar-refractivity contribution is 5.94. The van der Waals surface area contributed by atoms with Crippen LogP contribution in [0.15, 0.2) is 18.2 Å². The van der Waals surface area contributed by atoms with E-state index in [0.717, 1.165) is 38.0 Å². The van der Waals surface area contributed by atoms with Gasteiger partial charge in [-0.1, -0.05) is 6.07 Å². The lowest BCUT2D eigenvalue weighted by atomic mass is 10.0. The lowest BCUT2D eigenvalue weighted by Crippen LogP contribution is -2.27. The van der Waals surface area contributed by atoms with Crippen molar-refractivity contribution in [2.75, 3.05) is 18.5 Å². The SMILES string of the molecule is Cl.O=C(Nc1ccc2c(c1)CNCC2)C1CCCO1. The van der Waals surface area contributed by atoms with E-state index in [-0.39, 0.29) is 24.4 Å². The Hall–Kier alpha value is -1.10. The van der Waals surface area contributed by atoms with Crippen LogP contribution in [0.2, 0.25) is 0 Å². The summed E-state index contributed by atoms with van der Waals surface area (Å²) in [6.45, 7) is 2.62. The van der Waals surface area contributed by atoms with Crippen molar-refractivity contribution in [1.82, 2.24) is 5.32 Å². The van der Waals surface area contributed by atoms with Gasteiger partial charge in [-0.15, -0.1) is 12.4 Å². The van der Waals surface area contributed by atoms with Crippen molar-refractivity contribution in [2.24, 2.45) is 0 Å². The number of ether oxygens (including phenoxy) is 1. The van der Waals surface area contributed by atoms with Crippen molar-refractivity contribution in [3.8, 4) is 0 Å². The molecule has 0 aromatic heterocycles. The molecule has 2 N–H and O–H groups in total. The fourth-order valence-corrected chi connectivity index (χ4v) is 2.57. The van der Waals surface area contributed by atoms with E-state index >= 15 is 0 Å². The van der Waals surface area contributed by atoms with Crippen molar-refractivity contribution in [2.45, 2.75) is 31.9 Å². The molecule has 2 heterocycles. The Morgan fingerprint density at radius 3 is 3.05 bits per heavy atom. The molecule has 1 amide bonds. The molecule has 1 atom stereocenters. The van der Waals surface area contributed by atoms with E-state index in [4.69, 9.17) is 4.74 Å². The van der Waals surface area contributed by atoms with Crippen molar-refractivity contribution in [1.29, 1.82) is 0 Å². The maximum absolute atomic E-state index is 11.9. The van der Waals surface area contributed by atoms with Crippen LogP contribution >= 0.6 is 12.4 Å². The van der Waals surface area contributed by atoms with E-state index in [2.05, 4.69) is 22.8 Å². The van der Waals surface area contributed by atoms with Crippen LogP contribution in [0, 0.1) is 0 Å². The molecule has 1 aromatic rings. The second-order valence-corrected chi connectivity index (χ2v) is 4.90. The molecular weight excluding hydrogens is 264 g/mol. The van der Waals surface area contributed by atoms with Crippen molar-refractivity contribution in [3.05, 3.63) is 29.3 Å². The van der Waals surface area contributed by atoms with E-state index < -0.39 is 0 Å². The lowest BCUT2D eigenvalue weighted by Gasteiger charge is -2.18. The molecule has 4 nitrogen and oxygen atoms in total. The number of benzene rings is 1. The molecule has 1 saturated heterocycles. The Morgan fingerprint density at radius 2 is 2.26 bits per heavy atom. The summed E-state index contributed by atoms with van der Waals surface area (Å²) < 4.78 is 5.38. The fourth-order valence-electron chi connectivity index (χ4n) is 2.57. The minimum absolute atomic E-state index is 0. The Kier molecular flexibility index (Phi) is 4.80. The molecule has 0 saturated carbocycles. The summed E-state index contributed by atoms with van der Waals surface area (Å²) in [6.07, 6.45) is 2.61. The minimum atomic E-state index is -0.265. The molecule has 1 aromatic carbocycles. The third-order valence-corrected chi connectivity index (χ3v) is 3.58. The number of halogens is 1. The molecule has 1 fully saturated rings. The number of fused-ring (bicyclic) bond motifs is 1. The van der Waals surface area contributed by atoms with Gasteiger partial charge < -0.3 is 15.4 Å². The summed E-state index contributed by atoms with van der Waals surface area (Å²) in [6, 6.07) is 6.16. The summed E-state index contributed by atoms with van der Waals surface area (Å²) in [5.41, 5.74) is 3.54. The summed E-state index contributed by atoms with van der Waals surface area (Å²) in [5, 5.41) is 6.28. The number of nitrogens with one attached hydrogen (secondary N) is 2. The van der Waals surface area contributed by atoms with Crippen molar-refractivity contribution >= 4 is 24.0 Å². The van der Waals surface area contributed by atoms with Gasteiger partial charge in [0, 0.05) is 18.8 Å². The Morgan fingerprint density at radius 1 is 1.37 bits per heavy atom. The van der Waals surface area contributed by atoms with Gasteiger partial charge in [-0.3, -0.25) is 4.79 Å². The van der Waals surface area contributed by atoms with Crippen LogP contribution in [0.1, 0.15) is 24.0 Å². The zero-order valence-electron chi connectivity index (χ0n) is 10.8. The first-order valence-electron chi connectivity index (χ1n) is 6.58. The van der Waals surface area contributed by atoms with Crippen LogP contribution in [-0.4, -0.2) is 25.2 Å². The normalized spacial score (nSPS) is 21.4. The zero-order chi connectivity index (χ0) is 12.4. The molecule has 0 aliphatic carbocycles. The van der Waals surface area contributed by atoms with Crippen LogP contribution in [0.25, 0.3) is 0 Å². The lowest BCUT2D eigenvalue weighted by molar-refractivity contribution is -0.124. The predicted molar refractivity (Wildman–Crippen MR) is 76.7 cm³/mol. The molecular formula is C14H19ClN2O2. The third kappa shape index (κ3) is 3.26. The maximum atomic E-state index is 11.9. The Balaban J connectivity index is 0.00000133. The number of carbonyl (C=O) groups is 1. The summed E-state index contributed by atoms with van der Waals surface area (Å²) in [5.74, 6) is -0.0174. The van der Waals surface area contributed by atoms with Gasteiger partial charge in [-0.25, -0.2) is 0 Å².